The molecule has 0 aliphatic heterocycles. The molecule has 0 saturated heterocycles. The number of aromatic nitrogens is 2. The van der Waals surface area contributed by atoms with Crippen LogP contribution in [0, 0.1) is 5.92 Å². The van der Waals surface area contributed by atoms with Gasteiger partial charge in [0.15, 0.2) is 0 Å². The van der Waals surface area contributed by atoms with Gasteiger partial charge in [0.2, 0.25) is 0 Å². The van der Waals surface area contributed by atoms with Crippen molar-refractivity contribution in [3.63, 3.8) is 0 Å². The summed E-state index contributed by atoms with van der Waals surface area (Å²) in [6.07, 6.45) is 9.55. The zero-order valence-corrected chi connectivity index (χ0v) is 12.2. The summed E-state index contributed by atoms with van der Waals surface area (Å²) >= 11 is 0. The third kappa shape index (κ3) is 3.14. The Balaban J connectivity index is 1.64. The summed E-state index contributed by atoms with van der Waals surface area (Å²) in [6.45, 7) is 5.59. The average Bonchev–Trinajstić information content (AvgIpc) is 3.27. The first-order valence-electron chi connectivity index (χ1n) is 7.84. The molecule has 2 unspecified atom stereocenters. The lowest BCUT2D eigenvalue weighted by atomic mass is 9.87. The summed E-state index contributed by atoms with van der Waals surface area (Å²) in [4.78, 5) is 9.37. The van der Waals surface area contributed by atoms with Crippen molar-refractivity contribution in [2.45, 2.75) is 64.3 Å². The molecular formula is C16H25N3. The standard InChI is InChI=1S/C16H25N3/c1-3-11(2)16-18-10-13-8-12(4-7-15(13)19-16)9-17-14-5-6-14/h10-12,14,17H,3-9H2,1-2H3. The van der Waals surface area contributed by atoms with Crippen molar-refractivity contribution >= 4 is 0 Å². The van der Waals surface area contributed by atoms with Crippen LogP contribution in [0.1, 0.15) is 62.5 Å². The number of hydrogen-bond donors (Lipinski definition) is 1. The number of nitrogens with one attached hydrogen (secondary N) is 1. The Morgan fingerprint density at radius 2 is 2.21 bits per heavy atom. The van der Waals surface area contributed by atoms with Crippen molar-refractivity contribution in [1.29, 1.82) is 0 Å². The Hall–Kier alpha value is -0.960. The van der Waals surface area contributed by atoms with Crippen molar-refractivity contribution < 1.29 is 0 Å². The largest absolute Gasteiger partial charge is 0.314 e. The van der Waals surface area contributed by atoms with Crippen molar-refractivity contribution in [2.75, 3.05) is 6.54 Å². The number of hydrogen-bond acceptors (Lipinski definition) is 3. The van der Waals surface area contributed by atoms with Crippen LogP contribution in [0.25, 0.3) is 0 Å². The van der Waals surface area contributed by atoms with E-state index in [9.17, 15) is 0 Å². The second-order valence-corrected chi connectivity index (χ2v) is 6.30. The van der Waals surface area contributed by atoms with E-state index in [1.165, 1.54) is 37.1 Å². The van der Waals surface area contributed by atoms with Crippen LogP contribution in [-0.4, -0.2) is 22.6 Å². The lowest BCUT2D eigenvalue weighted by molar-refractivity contribution is 0.416. The van der Waals surface area contributed by atoms with Crippen LogP contribution in [0.2, 0.25) is 0 Å². The van der Waals surface area contributed by atoms with E-state index in [1.807, 2.05) is 0 Å². The Kier molecular flexibility index (Phi) is 3.83. The second kappa shape index (κ2) is 5.58. The molecule has 104 valence electrons. The van der Waals surface area contributed by atoms with E-state index in [-0.39, 0.29) is 0 Å². The molecule has 2 atom stereocenters. The molecule has 3 rings (SSSR count). The molecule has 1 N–H and O–H groups in total. The summed E-state index contributed by atoms with van der Waals surface area (Å²) in [5.41, 5.74) is 2.70. The fourth-order valence-electron chi connectivity index (χ4n) is 2.81. The van der Waals surface area contributed by atoms with Gasteiger partial charge in [0.05, 0.1) is 0 Å². The highest BCUT2D eigenvalue weighted by Gasteiger charge is 2.25. The number of nitrogens with zero attached hydrogens (tertiary/aromatic N) is 2. The van der Waals surface area contributed by atoms with Gasteiger partial charge >= 0.3 is 0 Å². The van der Waals surface area contributed by atoms with E-state index in [4.69, 9.17) is 4.98 Å². The first kappa shape index (κ1) is 13.0. The Morgan fingerprint density at radius 1 is 1.37 bits per heavy atom. The quantitative estimate of drug-likeness (QED) is 0.883. The molecule has 1 fully saturated rings. The summed E-state index contributed by atoms with van der Waals surface area (Å²) in [6, 6.07) is 0.824. The van der Waals surface area contributed by atoms with Crippen LogP contribution in [0.3, 0.4) is 0 Å². The number of rotatable bonds is 5. The minimum absolute atomic E-state index is 0.486. The monoisotopic (exact) mass is 259 g/mol. The molecule has 1 aromatic heterocycles. The minimum atomic E-state index is 0.486. The molecule has 0 spiro atoms. The zero-order valence-electron chi connectivity index (χ0n) is 12.2. The third-order valence-electron chi connectivity index (χ3n) is 4.60. The maximum atomic E-state index is 4.79. The van der Waals surface area contributed by atoms with Gasteiger partial charge in [-0.05, 0) is 56.6 Å². The van der Waals surface area contributed by atoms with E-state index in [2.05, 4.69) is 30.3 Å². The summed E-state index contributed by atoms with van der Waals surface area (Å²) < 4.78 is 0. The van der Waals surface area contributed by atoms with Gasteiger partial charge in [-0.3, -0.25) is 0 Å². The van der Waals surface area contributed by atoms with Crippen molar-refractivity contribution in [1.82, 2.24) is 15.3 Å². The smallest absolute Gasteiger partial charge is 0.131 e. The molecule has 0 aromatic carbocycles. The van der Waals surface area contributed by atoms with Crippen molar-refractivity contribution in [3.05, 3.63) is 23.3 Å². The van der Waals surface area contributed by atoms with Crippen molar-refractivity contribution in [3.8, 4) is 0 Å². The fourth-order valence-corrected chi connectivity index (χ4v) is 2.81. The zero-order chi connectivity index (χ0) is 13.2. The van der Waals surface area contributed by atoms with E-state index in [0.29, 0.717) is 5.92 Å². The molecule has 0 radical (unpaired) electrons. The highest BCUT2D eigenvalue weighted by molar-refractivity contribution is 5.22. The van der Waals surface area contributed by atoms with E-state index >= 15 is 0 Å². The van der Waals surface area contributed by atoms with Crippen LogP contribution < -0.4 is 5.32 Å². The molecular weight excluding hydrogens is 234 g/mol. The van der Waals surface area contributed by atoms with Crippen LogP contribution in [0.15, 0.2) is 6.20 Å². The lowest BCUT2D eigenvalue weighted by Gasteiger charge is -2.24. The Morgan fingerprint density at radius 3 is 2.95 bits per heavy atom. The molecule has 2 aliphatic rings. The predicted octanol–water partition coefficient (Wildman–Crippen LogP) is 2.85. The molecule has 3 nitrogen and oxygen atoms in total. The number of fused-ring (bicyclic) bond motifs is 1. The molecule has 0 amide bonds. The molecule has 2 aliphatic carbocycles. The second-order valence-electron chi connectivity index (χ2n) is 6.30. The van der Waals surface area contributed by atoms with Crippen molar-refractivity contribution in [2.24, 2.45) is 5.92 Å². The summed E-state index contributed by atoms with van der Waals surface area (Å²) in [7, 11) is 0. The highest BCUT2D eigenvalue weighted by Crippen LogP contribution is 2.26. The van der Waals surface area contributed by atoms with E-state index in [0.717, 1.165) is 37.0 Å². The van der Waals surface area contributed by atoms with Crippen LogP contribution >= 0.6 is 0 Å². The molecule has 1 aromatic rings. The van der Waals surface area contributed by atoms with Crippen LogP contribution in [0.5, 0.6) is 0 Å². The Labute approximate surface area is 116 Å². The Bertz CT molecular complexity index is 440. The first-order chi connectivity index (χ1) is 9.26. The normalized spacial score (nSPS) is 24.0. The molecule has 19 heavy (non-hydrogen) atoms. The minimum Gasteiger partial charge on any atom is -0.314 e. The van der Waals surface area contributed by atoms with Gasteiger partial charge in [-0.25, -0.2) is 9.97 Å². The molecule has 3 heteroatoms. The molecule has 0 bridgehead atoms. The van der Waals surface area contributed by atoms with Gasteiger partial charge in [-0.1, -0.05) is 13.8 Å². The predicted molar refractivity (Wildman–Crippen MR) is 77.3 cm³/mol. The van der Waals surface area contributed by atoms with E-state index < -0.39 is 0 Å². The first-order valence-corrected chi connectivity index (χ1v) is 7.84. The highest BCUT2D eigenvalue weighted by atomic mass is 14.9. The number of aryl methyl sites for hydroxylation is 1. The summed E-state index contributed by atoms with van der Waals surface area (Å²) in [5.74, 6) is 2.31. The van der Waals surface area contributed by atoms with Crippen LogP contribution in [0.4, 0.5) is 0 Å². The van der Waals surface area contributed by atoms with Gasteiger partial charge in [-0.2, -0.15) is 0 Å². The average molecular weight is 259 g/mol. The van der Waals surface area contributed by atoms with Gasteiger partial charge in [0, 0.05) is 23.9 Å². The van der Waals surface area contributed by atoms with Crippen LogP contribution in [-0.2, 0) is 12.8 Å². The lowest BCUT2D eigenvalue weighted by Crippen LogP contribution is -2.29. The maximum Gasteiger partial charge on any atom is 0.131 e. The van der Waals surface area contributed by atoms with Gasteiger partial charge in [0.25, 0.3) is 0 Å². The third-order valence-corrected chi connectivity index (χ3v) is 4.60. The summed E-state index contributed by atoms with van der Waals surface area (Å²) in [5, 5.41) is 3.66. The maximum absolute atomic E-state index is 4.79. The SMILES string of the molecule is CCC(C)c1ncc2c(n1)CCC(CNC1CC1)C2. The van der Waals surface area contributed by atoms with E-state index in [1.54, 1.807) is 0 Å². The topological polar surface area (TPSA) is 37.8 Å². The molecule has 1 saturated carbocycles. The fraction of sp³-hybridized carbons (Fsp3) is 0.750. The van der Waals surface area contributed by atoms with Gasteiger partial charge in [0.1, 0.15) is 5.82 Å². The van der Waals surface area contributed by atoms with Gasteiger partial charge < -0.3 is 5.32 Å². The molecule has 1 heterocycles. The van der Waals surface area contributed by atoms with Gasteiger partial charge in [-0.15, -0.1) is 0 Å².